The fourth-order valence-corrected chi connectivity index (χ4v) is 2.46. The molecule has 0 fully saturated rings. The molecule has 98 valence electrons. The van der Waals surface area contributed by atoms with Gasteiger partial charge in [0.1, 0.15) is 5.78 Å². The Labute approximate surface area is 128 Å². The van der Waals surface area contributed by atoms with Crippen molar-refractivity contribution in [3.63, 3.8) is 0 Å². The van der Waals surface area contributed by atoms with E-state index in [4.69, 9.17) is 0 Å². The van der Waals surface area contributed by atoms with Crippen LogP contribution in [0.25, 0.3) is 0 Å². The predicted molar refractivity (Wildman–Crippen MR) is 87.5 cm³/mol. The first-order chi connectivity index (χ1) is 9.04. The topological polar surface area (TPSA) is 17.1 Å². The molecule has 1 nitrogen and oxygen atoms in total. The molecule has 0 saturated heterocycles. The minimum absolute atomic E-state index is 0.273. The van der Waals surface area contributed by atoms with Crippen LogP contribution in [0.15, 0.2) is 42.5 Å². The number of ketones is 1. The lowest BCUT2D eigenvalue weighted by Crippen LogP contribution is -2.07. The first-order valence-electron chi connectivity index (χ1n) is 6.37. The number of halogens is 1. The summed E-state index contributed by atoms with van der Waals surface area (Å²) in [5.41, 5.74) is 4.65. The Balaban J connectivity index is 2.05. The molecule has 2 heteroatoms. The fraction of sp³-hybridized carbons (Fsp3) is 0.235. The third-order valence-electron chi connectivity index (χ3n) is 3.21. The zero-order valence-corrected chi connectivity index (χ0v) is 13.4. The number of hydrogen-bond donors (Lipinski definition) is 0. The van der Waals surface area contributed by atoms with Crippen molar-refractivity contribution < 1.29 is 4.79 Å². The Bertz CT molecular complexity index is 585. The third-order valence-corrected chi connectivity index (χ3v) is 3.93. The molecule has 2 aromatic carbocycles. The third kappa shape index (κ3) is 4.16. The van der Waals surface area contributed by atoms with Gasteiger partial charge in [-0.3, -0.25) is 4.79 Å². The monoisotopic (exact) mass is 364 g/mol. The number of aryl methyl sites for hydroxylation is 2. The van der Waals surface area contributed by atoms with E-state index in [0.29, 0.717) is 12.8 Å². The Hall–Kier alpha value is -1.16. The van der Waals surface area contributed by atoms with Crippen LogP contribution in [0, 0.1) is 17.4 Å². The van der Waals surface area contributed by atoms with Gasteiger partial charge in [0.25, 0.3) is 0 Å². The van der Waals surface area contributed by atoms with E-state index in [1.165, 1.54) is 14.7 Å². The van der Waals surface area contributed by atoms with Crippen molar-refractivity contribution >= 4 is 28.4 Å². The van der Waals surface area contributed by atoms with Crippen molar-refractivity contribution in [3.05, 3.63) is 68.3 Å². The highest BCUT2D eigenvalue weighted by Gasteiger charge is 2.07. The summed E-state index contributed by atoms with van der Waals surface area (Å²) < 4.78 is 1.20. The minimum atomic E-state index is 0.273. The van der Waals surface area contributed by atoms with Crippen molar-refractivity contribution in [2.24, 2.45) is 0 Å². The molecule has 0 saturated carbocycles. The molecule has 0 aliphatic carbocycles. The molecule has 0 unspecified atom stereocenters. The normalized spacial score (nSPS) is 10.5. The minimum Gasteiger partial charge on any atom is -0.299 e. The number of carbonyl (C=O) groups excluding carboxylic acids is 1. The van der Waals surface area contributed by atoms with Gasteiger partial charge in [-0.15, -0.1) is 0 Å². The van der Waals surface area contributed by atoms with Crippen molar-refractivity contribution in [2.75, 3.05) is 0 Å². The number of hydrogen-bond acceptors (Lipinski definition) is 1. The lowest BCUT2D eigenvalue weighted by molar-refractivity contribution is -0.117. The van der Waals surface area contributed by atoms with Crippen LogP contribution in [0.5, 0.6) is 0 Å². The van der Waals surface area contributed by atoms with Gasteiger partial charge in [-0.2, -0.15) is 0 Å². The van der Waals surface area contributed by atoms with Crippen molar-refractivity contribution in [3.8, 4) is 0 Å². The standard InChI is InChI=1S/C17H17IO/c1-12-3-4-13(2)15(9-12)11-17(19)10-14-5-7-16(18)8-6-14/h3-9H,10-11H2,1-2H3. The molecule has 0 bridgehead atoms. The van der Waals surface area contributed by atoms with E-state index in [1.54, 1.807) is 0 Å². The molecule has 2 aromatic rings. The summed E-state index contributed by atoms with van der Waals surface area (Å²) in [6.45, 7) is 4.12. The fourth-order valence-electron chi connectivity index (χ4n) is 2.10. The van der Waals surface area contributed by atoms with E-state index < -0.39 is 0 Å². The summed E-state index contributed by atoms with van der Waals surface area (Å²) in [7, 11) is 0. The Morgan fingerprint density at radius 1 is 1.00 bits per heavy atom. The number of rotatable bonds is 4. The van der Waals surface area contributed by atoms with E-state index in [9.17, 15) is 4.79 Å². The van der Waals surface area contributed by atoms with Gasteiger partial charge in [-0.05, 0) is 65.3 Å². The average molecular weight is 364 g/mol. The zero-order chi connectivity index (χ0) is 13.8. The van der Waals surface area contributed by atoms with Crippen LogP contribution in [0.3, 0.4) is 0 Å². The molecule has 0 aliphatic heterocycles. The molecule has 0 amide bonds. The summed E-state index contributed by atoms with van der Waals surface area (Å²) in [5.74, 6) is 0.273. The van der Waals surface area contributed by atoms with Gasteiger partial charge in [0, 0.05) is 16.4 Å². The molecule has 19 heavy (non-hydrogen) atoms. The van der Waals surface area contributed by atoms with Gasteiger partial charge in [0.05, 0.1) is 0 Å². The summed E-state index contributed by atoms with van der Waals surface area (Å²) in [6, 6.07) is 14.4. The van der Waals surface area contributed by atoms with Crippen molar-refractivity contribution in [2.45, 2.75) is 26.7 Å². The zero-order valence-electron chi connectivity index (χ0n) is 11.2. The van der Waals surface area contributed by atoms with Crippen LogP contribution < -0.4 is 0 Å². The van der Waals surface area contributed by atoms with Gasteiger partial charge >= 0.3 is 0 Å². The van der Waals surface area contributed by atoms with Crippen LogP contribution in [-0.2, 0) is 17.6 Å². The average Bonchev–Trinajstić information content (AvgIpc) is 2.37. The maximum Gasteiger partial charge on any atom is 0.141 e. The van der Waals surface area contributed by atoms with Gasteiger partial charge in [0.15, 0.2) is 0 Å². The highest BCUT2D eigenvalue weighted by Crippen LogP contribution is 2.13. The van der Waals surface area contributed by atoms with Crippen LogP contribution in [-0.4, -0.2) is 5.78 Å². The molecule has 0 atom stereocenters. The maximum absolute atomic E-state index is 12.1. The van der Waals surface area contributed by atoms with Gasteiger partial charge in [-0.1, -0.05) is 35.9 Å². The maximum atomic E-state index is 12.1. The highest BCUT2D eigenvalue weighted by atomic mass is 127. The smallest absolute Gasteiger partial charge is 0.141 e. The second-order valence-electron chi connectivity index (χ2n) is 4.95. The molecule has 2 rings (SSSR count). The molecule has 0 spiro atoms. The van der Waals surface area contributed by atoms with Crippen LogP contribution >= 0.6 is 22.6 Å². The summed E-state index contributed by atoms with van der Waals surface area (Å²) in [4.78, 5) is 12.1. The number of benzene rings is 2. The van der Waals surface area contributed by atoms with E-state index in [0.717, 1.165) is 11.1 Å². The number of carbonyl (C=O) groups is 1. The van der Waals surface area contributed by atoms with Gasteiger partial charge in [0.2, 0.25) is 0 Å². The number of Topliss-reactive ketones (excluding diaryl/α,β-unsaturated/α-hetero) is 1. The quantitative estimate of drug-likeness (QED) is 0.741. The van der Waals surface area contributed by atoms with E-state index >= 15 is 0 Å². The molecule has 0 heterocycles. The highest BCUT2D eigenvalue weighted by molar-refractivity contribution is 14.1. The summed E-state index contributed by atoms with van der Waals surface area (Å²) >= 11 is 2.27. The van der Waals surface area contributed by atoms with Crippen molar-refractivity contribution in [1.29, 1.82) is 0 Å². The SMILES string of the molecule is Cc1ccc(C)c(CC(=O)Cc2ccc(I)cc2)c1. The summed E-state index contributed by atoms with van der Waals surface area (Å²) in [5, 5.41) is 0. The Morgan fingerprint density at radius 3 is 2.37 bits per heavy atom. The van der Waals surface area contributed by atoms with Crippen molar-refractivity contribution in [1.82, 2.24) is 0 Å². The largest absolute Gasteiger partial charge is 0.299 e. The van der Waals surface area contributed by atoms with Gasteiger partial charge < -0.3 is 0 Å². The molecule has 0 N–H and O–H groups in total. The lowest BCUT2D eigenvalue weighted by atomic mass is 9.98. The Morgan fingerprint density at radius 2 is 1.68 bits per heavy atom. The summed E-state index contributed by atoms with van der Waals surface area (Å²) in [6.07, 6.45) is 1.05. The molecular formula is C17H17IO. The molecule has 0 aliphatic rings. The second-order valence-corrected chi connectivity index (χ2v) is 6.19. The van der Waals surface area contributed by atoms with E-state index in [-0.39, 0.29) is 5.78 Å². The molecule has 0 radical (unpaired) electrons. The van der Waals surface area contributed by atoms with Gasteiger partial charge in [-0.25, -0.2) is 0 Å². The lowest BCUT2D eigenvalue weighted by Gasteiger charge is -2.07. The Kier molecular flexibility index (Phi) is 4.75. The first kappa shape index (κ1) is 14.3. The molecular weight excluding hydrogens is 347 g/mol. The van der Waals surface area contributed by atoms with Crippen LogP contribution in [0.4, 0.5) is 0 Å². The van der Waals surface area contributed by atoms with E-state index in [1.807, 2.05) is 24.3 Å². The van der Waals surface area contributed by atoms with E-state index in [2.05, 4.69) is 54.6 Å². The van der Waals surface area contributed by atoms with Crippen LogP contribution in [0.2, 0.25) is 0 Å². The van der Waals surface area contributed by atoms with Crippen LogP contribution in [0.1, 0.15) is 22.3 Å². The first-order valence-corrected chi connectivity index (χ1v) is 7.45. The second kappa shape index (κ2) is 6.33. The molecule has 0 aromatic heterocycles. The predicted octanol–water partition coefficient (Wildman–Crippen LogP) is 4.26.